The van der Waals surface area contributed by atoms with Crippen LogP contribution in [0.3, 0.4) is 0 Å². The molecule has 0 bridgehead atoms. The van der Waals surface area contributed by atoms with Crippen molar-refractivity contribution in [2.75, 3.05) is 7.11 Å². The molecule has 0 spiro atoms. The van der Waals surface area contributed by atoms with Gasteiger partial charge in [-0.1, -0.05) is 18.5 Å². The maximum absolute atomic E-state index is 12.4. The maximum atomic E-state index is 12.4. The molecule has 0 aliphatic heterocycles. The minimum Gasteiger partial charge on any atom is -0.480 e. The Morgan fingerprint density at radius 2 is 2.26 bits per heavy atom. The number of methoxy groups -OCH3 is 1. The normalized spacial score (nSPS) is 12.7. The lowest BCUT2D eigenvalue weighted by atomic mass is 10.2. The maximum Gasteiger partial charge on any atom is 0.269 e. The van der Waals surface area contributed by atoms with Gasteiger partial charge in [-0.05, 0) is 6.07 Å². The lowest BCUT2D eigenvalue weighted by Crippen LogP contribution is -2.36. The molecule has 0 saturated carbocycles. The second-order valence-electron chi connectivity index (χ2n) is 4.79. The molecule has 0 aliphatic rings. The highest BCUT2D eigenvalue weighted by molar-refractivity contribution is 7.90. The zero-order chi connectivity index (χ0) is 17.0. The summed E-state index contributed by atoms with van der Waals surface area (Å²) in [5.74, 6) is -1.38. The zero-order valence-electron chi connectivity index (χ0n) is 12.4. The number of rotatable bonds is 6. The van der Waals surface area contributed by atoms with Gasteiger partial charge in [0, 0.05) is 25.1 Å². The van der Waals surface area contributed by atoms with Crippen molar-refractivity contribution in [1.29, 1.82) is 0 Å². The van der Waals surface area contributed by atoms with E-state index in [1.807, 2.05) is 4.72 Å². The first-order chi connectivity index (χ1) is 10.8. The lowest BCUT2D eigenvalue weighted by Gasteiger charge is -2.14. The molecule has 8 nitrogen and oxygen atoms in total. The summed E-state index contributed by atoms with van der Waals surface area (Å²) in [6.45, 7) is 1.91. The summed E-state index contributed by atoms with van der Waals surface area (Å²) in [7, 11) is -2.87. The molecule has 2 aromatic heterocycles. The van der Waals surface area contributed by atoms with Crippen molar-refractivity contribution in [3.05, 3.63) is 36.0 Å². The van der Waals surface area contributed by atoms with Gasteiger partial charge in [-0.3, -0.25) is 4.79 Å². The van der Waals surface area contributed by atoms with Gasteiger partial charge in [0.2, 0.25) is 11.8 Å². The van der Waals surface area contributed by atoms with E-state index in [1.54, 1.807) is 30.2 Å². The Balaban J connectivity index is 2.17. The first kappa shape index (κ1) is 17.2. The van der Waals surface area contributed by atoms with Crippen LogP contribution in [0.4, 0.5) is 0 Å². The van der Waals surface area contributed by atoms with Gasteiger partial charge in [0.25, 0.3) is 10.0 Å². The van der Waals surface area contributed by atoms with E-state index in [0.717, 1.165) is 0 Å². The van der Waals surface area contributed by atoms with Crippen LogP contribution in [0.2, 0.25) is 5.02 Å². The average Bonchev–Trinajstić information content (AvgIpc) is 2.99. The van der Waals surface area contributed by atoms with E-state index in [4.69, 9.17) is 16.3 Å². The number of carbonyl (C=O) groups excluding carboxylic acids is 1. The van der Waals surface area contributed by atoms with Crippen LogP contribution in [0.25, 0.3) is 0 Å². The number of nitrogens with one attached hydrogen (secondary N) is 1. The molecule has 1 amide bonds. The van der Waals surface area contributed by atoms with Crippen molar-refractivity contribution in [2.45, 2.75) is 18.4 Å². The third-order valence-electron chi connectivity index (χ3n) is 2.99. The van der Waals surface area contributed by atoms with E-state index in [2.05, 4.69) is 9.97 Å². The second kappa shape index (κ2) is 6.97. The van der Waals surface area contributed by atoms with Crippen LogP contribution >= 0.6 is 11.6 Å². The summed E-state index contributed by atoms with van der Waals surface area (Å²) in [4.78, 5) is 19.5. The van der Waals surface area contributed by atoms with Gasteiger partial charge in [-0.15, -0.1) is 0 Å². The Bertz CT molecular complexity index is 792. The monoisotopic (exact) mass is 358 g/mol. The van der Waals surface area contributed by atoms with Crippen LogP contribution in [0.5, 0.6) is 5.88 Å². The fourth-order valence-electron chi connectivity index (χ4n) is 1.84. The summed E-state index contributed by atoms with van der Waals surface area (Å²) in [5, 5.41) is 0.116. The van der Waals surface area contributed by atoms with Crippen LogP contribution in [-0.4, -0.2) is 36.0 Å². The van der Waals surface area contributed by atoms with E-state index in [9.17, 15) is 13.2 Å². The summed E-state index contributed by atoms with van der Waals surface area (Å²) in [6, 6.07) is 1.17. The van der Waals surface area contributed by atoms with Crippen molar-refractivity contribution in [1.82, 2.24) is 19.3 Å². The number of pyridine rings is 1. The van der Waals surface area contributed by atoms with E-state index in [-0.39, 0.29) is 15.8 Å². The average molecular weight is 359 g/mol. The van der Waals surface area contributed by atoms with Gasteiger partial charge in [-0.25, -0.2) is 23.1 Å². The molecular formula is C13H15ClN4O4S. The predicted molar refractivity (Wildman–Crippen MR) is 82.5 cm³/mol. The van der Waals surface area contributed by atoms with Crippen molar-refractivity contribution in [3.8, 4) is 5.88 Å². The number of imidazole rings is 1. The first-order valence-corrected chi connectivity index (χ1v) is 8.41. The minimum atomic E-state index is -4.15. The third-order valence-corrected chi connectivity index (χ3v) is 4.54. The van der Waals surface area contributed by atoms with Gasteiger partial charge in [0.15, 0.2) is 4.90 Å². The second-order valence-corrected chi connectivity index (χ2v) is 6.88. The van der Waals surface area contributed by atoms with E-state index in [1.165, 1.54) is 19.4 Å². The number of ether oxygens (including phenoxy) is 1. The van der Waals surface area contributed by atoms with Crippen LogP contribution in [0.1, 0.15) is 6.92 Å². The highest BCUT2D eigenvalue weighted by atomic mass is 35.5. The number of hydrogen-bond donors (Lipinski definition) is 1. The molecule has 10 heteroatoms. The van der Waals surface area contributed by atoms with E-state index < -0.39 is 21.8 Å². The molecule has 0 radical (unpaired) electrons. The predicted octanol–water partition coefficient (Wildman–Crippen LogP) is 1.08. The highest BCUT2D eigenvalue weighted by Crippen LogP contribution is 2.24. The van der Waals surface area contributed by atoms with E-state index in [0.29, 0.717) is 6.54 Å². The fraction of sp³-hybridized carbons (Fsp3) is 0.308. The number of halogens is 1. The first-order valence-electron chi connectivity index (χ1n) is 6.55. The zero-order valence-corrected chi connectivity index (χ0v) is 14.0. The van der Waals surface area contributed by atoms with Crippen molar-refractivity contribution in [2.24, 2.45) is 5.92 Å². The molecule has 1 N–H and O–H groups in total. The molecule has 1 atom stereocenters. The van der Waals surface area contributed by atoms with Gasteiger partial charge < -0.3 is 9.30 Å². The summed E-state index contributed by atoms with van der Waals surface area (Å²) in [5.41, 5.74) is 0. The molecular weight excluding hydrogens is 344 g/mol. The number of nitrogens with zero attached hydrogens (tertiary/aromatic N) is 3. The molecule has 0 fully saturated rings. The Kier molecular flexibility index (Phi) is 5.22. The Morgan fingerprint density at radius 1 is 1.52 bits per heavy atom. The molecule has 0 aromatic carbocycles. The Labute approximate surface area is 138 Å². The number of sulfonamides is 1. The summed E-state index contributed by atoms with van der Waals surface area (Å²) in [6.07, 6.45) is 6.05. The smallest absolute Gasteiger partial charge is 0.269 e. The third kappa shape index (κ3) is 4.20. The molecule has 2 aromatic rings. The molecule has 23 heavy (non-hydrogen) atoms. The van der Waals surface area contributed by atoms with Crippen molar-refractivity contribution in [3.63, 3.8) is 0 Å². The van der Waals surface area contributed by atoms with Crippen LogP contribution in [0, 0.1) is 5.92 Å². The van der Waals surface area contributed by atoms with Gasteiger partial charge in [0.1, 0.15) is 0 Å². The van der Waals surface area contributed by atoms with Crippen LogP contribution in [0.15, 0.2) is 35.9 Å². The summed E-state index contributed by atoms with van der Waals surface area (Å²) < 4.78 is 33.3. The standard InChI is InChI=1S/C13H15ClN4O4S/c1-9(7-18-4-3-15-8-18)12(19)17-23(20,21)11-5-10(14)6-16-13(11)22-2/h3-6,8-9H,7H2,1-2H3,(H,17,19). The topological polar surface area (TPSA) is 103 Å². The number of aromatic nitrogens is 3. The van der Waals surface area contributed by atoms with Crippen LogP contribution < -0.4 is 9.46 Å². The molecule has 2 heterocycles. The highest BCUT2D eigenvalue weighted by Gasteiger charge is 2.26. The Hall–Kier alpha value is -2.13. The van der Waals surface area contributed by atoms with Gasteiger partial charge in [-0.2, -0.15) is 0 Å². The van der Waals surface area contributed by atoms with Crippen LogP contribution in [-0.2, 0) is 21.4 Å². The van der Waals surface area contributed by atoms with Crippen molar-refractivity contribution < 1.29 is 17.9 Å². The van der Waals surface area contributed by atoms with Gasteiger partial charge in [0.05, 0.1) is 24.4 Å². The molecule has 124 valence electrons. The van der Waals surface area contributed by atoms with Gasteiger partial charge >= 0.3 is 0 Å². The quantitative estimate of drug-likeness (QED) is 0.828. The molecule has 0 aliphatic carbocycles. The Morgan fingerprint density at radius 3 is 2.87 bits per heavy atom. The number of hydrogen-bond acceptors (Lipinski definition) is 6. The molecule has 1 unspecified atom stereocenters. The van der Waals surface area contributed by atoms with Crippen molar-refractivity contribution >= 4 is 27.5 Å². The number of carbonyl (C=O) groups is 1. The minimum absolute atomic E-state index is 0.116. The summed E-state index contributed by atoms with van der Waals surface area (Å²) >= 11 is 5.77. The molecule has 2 rings (SSSR count). The lowest BCUT2D eigenvalue weighted by molar-refractivity contribution is -0.123. The molecule has 0 saturated heterocycles. The largest absolute Gasteiger partial charge is 0.480 e. The fourth-order valence-corrected chi connectivity index (χ4v) is 3.28. The van der Waals surface area contributed by atoms with E-state index >= 15 is 0 Å². The number of amides is 1. The SMILES string of the molecule is COc1ncc(Cl)cc1S(=O)(=O)NC(=O)C(C)Cn1ccnc1.